The highest BCUT2D eigenvalue weighted by atomic mass is 16.5. The fourth-order valence-electron chi connectivity index (χ4n) is 3.43. The van der Waals surface area contributed by atoms with E-state index in [1.165, 1.54) is 0 Å². The zero-order valence-electron chi connectivity index (χ0n) is 16.6. The highest BCUT2D eigenvalue weighted by molar-refractivity contribution is 6.00. The molecule has 29 heavy (non-hydrogen) atoms. The van der Waals surface area contributed by atoms with Gasteiger partial charge in [0.2, 0.25) is 5.60 Å². The van der Waals surface area contributed by atoms with Crippen molar-refractivity contribution >= 4 is 17.6 Å². The minimum atomic E-state index is -2.03. The average molecular weight is 393 g/mol. The number of aliphatic hydroxyl groups is 1. The maximum absolute atomic E-state index is 12.8. The molecule has 6 heteroatoms. The standard InChI is InChI=1S/C23H23NO5/c1-5-23(27,14-22(2,3)16-7-6-8-18(12-16)28-4)21(26)24-17-9-10-19-15(11-17)13-29-20(19)25/h1,6-12,27H,13-14H2,2-4H3,(H,24,26). The van der Waals surface area contributed by atoms with Crippen LogP contribution in [0.4, 0.5) is 5.69 Å². The molecule has 0 aliphatic carbocycles. The van der Waals surface area contributed by atoms with Crippen molar-refractivity contribution < 1.29 is 24.2 Å². The lowest BCUT2D eigenvalue weighted by atomic mass is 9.75. The molecule has 1 heterocycles. The predicted octanol–water partition coefficient (Wildman–Crippen LogP) is 3.04. The third kappa shape index (κ3) is 4.10. The van der Waals surface area contributed by atoms with Gasteiger partial charge in [0.1, 0.15) is 12.4 Å². The Labute approximate surface area is 169 Å². The van der Waals surface area contributed by atoms with Gasteiger partial charge in [0.15, 0.2) is 0 Å². The van der Waals surface area contributed by atoms with Crippen molar-refractivity contribution in [2.75, 3.05) is 12.4 Å². The highest BCUT2D eigenvalue weighted by Gasteiger charge is 2.40. The minimum Gasteiger partial charge on any atom is -0.497 e. The monoisotopic (exact) mass is 393 g/mol. The first-order valence-electron chi connectivity index (χ1n) is 9.15. The number of carbonyl (C=O) groups is 2. The van der Waals surface area contributed by atoms with Crippen LogP contribution in [0.1, 0.15) is 41.8 Å². The molecule has 0 radical (unpaired) electrons. The van der Waals surface area contributed by atoms with E-state index in [0.29, 0.717) is 22.6 Å². The Morgan fingerprint density at radius 2 is 2.07 bits per heavy atom. The third-order valence-corrected chi connectivity index (χ3v) is 5.11. The van der Waals surface area contributed by atoms with E-state index in [2.05, 4.69) is 11.2 Å². The Morgan fingerprint density at radius 3 is 2.76 bits per heavy atom. The molecule has 6 nitrogen and oxygen atoms in total. The largest absolute Gasteiger partial charge is 0.497 e. The molecule has 2 aromatic rings. The van der Waals surface area contributed by atoms with Crippen molar-refractivity contribution in [3.8, 4) is 18.1 Å². The molecule has 3 rings (SSSR count). The fourth-order valence-corrected chi connectivity index (χ4v) is 3.43. The first-order valence-corrected chi connectivity index (χ1v) is 9.15. The summed E-state index contributed by atoms with van der Waals surface area (Å²) < 4.78 is 10.2. The summed E-state index contributed by atoms with van der Waals surface area (Å²) in [6.07, 6.45) is 5.56. The highest BCUT2D eigenvalue weighted by Crippen LogP contribution is 2.34. The number of fused-ring (bicyclic) bond motifs is 1. The second kappa shape index (κ2) is 7.61. The summed E-state index contributed by atoms with van der Waals surface area (Å²) in [6.45, 7) is 3.95. The van der Waals surface area contributed by atoms with Crippen molar-refractivity contribution in [1.29, 1.82) is 0 Å². The number of hydrogen-bond donors (Lipinski definition) is 2. The number of amides is 1. The Balaban J connectivity index is 1.80. The van der Waals surface area contributed by atoms with E-state index < -0.39 is 22.9 Å². The number of hydrogen-bond acceptors (Lipinski definition) is 5. The van der Waals surface area contributed by atoms with E-state index in [4.69, 9.17) is 15.9 Å². The number of methoxy groups -OCH3 is 1. The van der Waals surface area contributed by atoms with Gasteiger partial charge in [0, 0.05) is 17.7 Å². The summed E-state index contributed by atoms with van der Waals surface area (Å²) in [5.41, 5.74) is -0.183. The average Bonchev–Trinajstić information content (AvgIpc) is 3.07. The van der Waals surface area contributed by atoms with Crippen molar-refractivity contribution in [2.24, 2.45) is 0 Å². The van der Waals surface area contributed by atoms with Gasteiger partial charge in [-0.1, -0.05) is 31.9 Å². The molecular formula is C23H23NO5. The molecule has 1 aliphatic rings. The van der Waals surface area contributed by atoms with Gasteiger partial charge in [0.05, 0.1) is 12.7 Å². The summed E-state index contributed by atoms with van der Waals surface area (Å²) >= 11 is 0. The number of anilines is 1. The molecule has 2 aromatic carbocycles. The molecule has 0 saturated carbocycles. The maximum atomic E-state index is 12.8. The molecule has 1 aliphatic heterocycles. The van der Waals surface area contributed by atoms with Crippen molar-refractivity contribution in [1.82, 2.24) is 0 Å². The molecule has 1 unspecified atom stereocenters. The lowest BCUT2D eigenvalue weighted by molar-refractivity contribution is -0.130. The molecule has 0 spiro atoms. The second-order valence-electron chi connectivity index (χ2n) is 7.70. The lowest BCUT2D eigenvalue weighted by Gasteiger charge is -2.32. The van der Waals surface area contributed by atoms with Gasteiger partial charge in [-0.3, -0.25) is 4.79 Å². The van der Waals surface area contributed by atoms with Gasteiger partial charge in [-0.15, -0.1) is 6.42 Å². The number of cyclic esters (lactones) is 1. The van der Waals surface area contributed by atoms with Crippen LogP contribution < -0.4 is 10.1 Å². The van der Waals surface area contributed by atoms with E-state index in [1.807, 2.05) is 38.1 Å². The summed E-state index contributed by atoms with van der Waals surface area (Å²) in [5.74, 6) is 1.83. The van der Waals surface area contributed by atoms with Crippen LogP contribution in [0.3, 0.4) is 0 Å². The third-order valence-electron chi connectivity index (χ3n) is 5.11. The lowest BCUT2D eigenvalue weighted by Crippen LogP contribution is -2.46. The van der Waals surface area contributed by atoms with Crippen LogP contribution in [0.15, 0.2) is 42.5 Å². The van der Waals surface area contributed by atoms with E-state index in [9.17, 15) is 14.7 Å². The van der Waals surface area contributed by atoms with Gasteiger partial charge in [-0.2, -0.15) is 0 Å². The SMILES string of the molecule is C#CC(O)(CC(C)(C)c1cccc(OC)c1)C(=O)Nc1ccc2c(c1)COC2=O. The normalized spacial score (nSPS) is 14.9. The summed E-state index contributed by atoms with van der Waals surface area (Å²) in [4.78, 5) is 24.4. The first kappa shape index (κ1) is 20.4. The predicted molar refractivity (Wildman–Crippen MR) is 109 cm³/mol. The molecule has 0 saturated heterocycles. The van der Waals surface area contributed by atoms with Crippen LogP contribution in [0.2, 0.25) is 0 Å². The van der Waals surface area contributed by atoms with Gasteiger partial charge in [-0.05, 0) is 41.3 Å². The summed E-state index contributed by atoms with van der Waals surface area (Å²) in [7, 11) is 1.58. The fraction of sp³-hybridized carbons (Fsp3) is 0.304. The van der Waals surface area contributed by atoms with Gasteiger partial charge in [-0.25, -0.2) is 4.79 Å². The first-order chi connectivity index (χ1) is 13.7. The number of benzene rings is 2. The molecule has 1 amide bonds. The van der Waals surface area contributed by atoms with Crippen LogP contribution in [0.25, 0.3) is 0 Å². The number of esters is 1. The topological polar surface area (TPSA) is 84.9 Å². The van der Waals surface area contributed by atoms with Crippen LogP contribution in [-0.2, 0) is 21.6 Å². The molecule has 0 bridgehead atoms. The Bertz CT molecular complexity index is 1000. The second-order valence-corrected chi connectivity index (χ2v) is 7.70. The Hall–Kier alpha value is -3.30. The molecule has 0 aromatic heterocycles. The van der Waals surface area contributed by atoms with Crippen molar-refractivity contribution in [3.63, 3.8) is 0 Å². The quantitative estimate of drug-likeness (QED) is 0.582. The number of ether oxygens (including phenoxy) is 2. The molecule has 0 fully saturated rings. The number of nitrogens with one attached hydrogen (secondary N) is 1. The van der Waals surface area contributed by atoms with Crippen molar-refractivity contribution in [3.05, 3.63) is 59.2 Å². The van der Waals surface area contributed by atoms with Gasteiger partial charge in [0.25, 0.3) is 5.91 Å². The Morgan fingerprint density at radius 1 is 1.31 bits per heavy atom. The van der Waals surface area contributed by atoms with E-state index in [0.717, 1.165) is 5.56 Å². The van der Waals surface area contributed by atoms with Crippen molar-refractivity contribution in [2.45, 2.75) is 37.9 Å². The number of carbonyl (C=O) groups excluding carboxylic acids is 2. The number of terminal acetylenes is 1. The van der Waals surface area contributed by atoms with Crippen LogP contribution in [-0.4, -0.2) is 29.7 Å². The number of rotatable bonds is 6. The smallest absolute Gasteiger partial charge is 0.338 e. The van der Waals surface area contributed by atoms with Gasteiger partial charge < -0.3 is 19.9 Å². The molecule has 2 N–H and O–H groups in total. The maximum Gasteiger partial charge on any atom is 0.338 e. The van der Waals surface area contributed by atoms with Crippen LogP contribution >= 0.6 is 0 Å². The molecular weight excluding hydrogens is 370 g/mol. The van der Waals surface area contributed by atoms with E-state index in [-0.39, 0.29) is 13.0 Å². The minimum absolute atomic E-state index is 0.00202. The zero-order valence-corrected chi connectivity index (χ0v) is 16.6. The summed E-state index contributed by atoms with van der Waals surface area (Å²) in [6, 6.07) is 12.2. The summed E-state index contributed by atoms with van der Waals surface area (Å²) in [5, 5.41) is 13.6. The van der Waals surface area contributed by atoms with Gasteiger partial charge >= 0.3 is 5.97 Å². The Kier molecular flexibility index (Phi) is 5.36. The van der Waals surface area contributed by atoms with E-state index >= 15 is 0 Å². The van der Waals surface area contributed by atoms with E-state index in [1.54, 1.807) is 25.3 Å². The zero-order chi connectivity index (χ0) is 21.2. The molecule has 1 atom stereocenters. The van der Waals surface area contributed by atoms with Crippen LogP contribution in [0, 0.1) is 12.3 Å². The van der Waals surface area contributed by atoms with Crippen LogP contribution in [0.5, 0.6) is 5.75 Å². The molecule has 150 valence electrons.